The van der Waals surface area contributed by atoms with Crippen molar-refractivity contribution in [2.75, 3.05) is 39.7 Å². The summed E-state index contributed by atoms with van der Waals surface area (Å²) in [6.07, 6.45) is 5.85. The van der Waals surface area contributed by atoms with Gasteiger partial charge in [0, 0.05) is 29.8 Å². The Morgan fingerprint density at radius 3 is 2.59 bits per heavy atom. The van der Waals surface area contributed by atoms with E-state index in [1.54, 1.807) is 21.3 Å². The molecule has 0 saturated carbocycles. The van der Waals surface area contributed by atoms with Crippen molar-refractivity contribution < 1.29 is 18.9 Å². The Labute approximate surface area is 223 Å². The number of hydrogen-bond donors (Lipinski definition) is 1. The molecule has 2 bridgehead atoms. The van der Waals surface area contributed by atoms with Gasteiger partial charge in [0.1, 0.15) is 23.4 Å². The van der Waals surface area contributed by atoms with Gasteiger partial charge in [-0.15, -0.1) is 6.58 Å². The molecule has 0 amide bonds. The van der Waals surface area contributed by atoms with Gasteiger partial charge >= 0.3 is 0 Å². The number of nitrogens with zero attached hydrogens (tertiary/aromatic N) is 2. The number of methoxy groups -OCH3 is 3. The van der Waals surface area contributed by atoms with Gasteiger partial charge in [-0.2, -0.15) is 0 Å². The highest BCUT2D eigenvalue weighted by Crippen LogP contribution is 2.44. The molecule has 2 aromatic carbocycles. The van der Waals surface area contributed by atoms with Gasteiger partial charge in [0.2, 0.25) is 0 Å². The summed E-state index contributed by atoms with van der Waals surface area (Å²) in [5.74, 6) is 3.20. The van der Waals surface area contributed by atoms with Crippen LogP contribution in [-0.2, 0) is 4.74 Å². The number of nitrogens with one attached hydrogen (secondary N) is 1. The lowest BCUT2D eigenvalue weighted by molar-refractivity contribution is -0.0386. The van der Waals surface area contributed by atoms with E-state index in [0.29, 0.717) is 29.0 Å². The van der Waals surface area contributed by atoms with Crippen molar-refractivity contribution >= 4 is 34.0 Å². The number of aromatic nitrogens is 1. The highest BCUT2D eigenvalue weighted by atomic mass is 32.1. The summed E-state index contributed by atoms with van der Waals surface area (Å²) >= 11 is 5.76. The molecule has 3 aromatic rings. The van der Waals surface area contributed by atoms with Gasteiger partial charge < -0.3 is 24.3 Å². The van der Waals surface area contributed by atoms with Crippen LogP contribution in [0.3, 0.4) is 0 Å². The molecular formula is C29H33N3O4S. The van der Waals surface area contributed by atoms with Crippen LogP contribution in [0.5, 0.6) is 17.2 Å². The molecule has 5 atom stereocenters. The van der Waals surface area contributed by atoms with E-state index in [4.69, 9.17) is 31.2 Å². The minimum Gasteiger partial charge on any atom is -0.497 e. The maximum absolute atomic E-state index is 6.64. The molecular weight excluding hydrogens is 486 g/mol. The number of thiocarbonyl (C=S) groups is 1. The number of benzene rings is 2. The van der Waals surface area contributed by atoms with Gasteiger partial charge in [0.25, 0.3) is 5.17 Å². The van der Waals surface area contributed by atoms with E-state index in [9.17, 15) is 0 Å². The van der Waals surface area contributed by atoms with Crippen LogP contribution in [0.4, 0.5) is 5.69 Å². The third-order valence-electron chi connectivity index (χ3n) is 7.67. The SMILES string of the molecule is C=C[C@H]1CN2CCC1C[C@H]2[C@H](OC(=S)Nc1ccc(OC)cc1OC)c1ccnc2ccc(OC)cc12. The number of hydrogen-bond acceptors (Lipinski definition) is 7. The number of pyridine rings is 1. The van der Waals surface area contributed by atoms with Crippen LogP contribution in [0.1, 0.15) is 24.5 Å². The molecule has 6 rings (SSSR count). The van der Waals surface area contributed by atoms with E-state index in [2.05, 4.69) is 27.9 Å². The van der Waals surface area contributed by atoms with Gasteiger partial charge in [-0.1, -0.05) is 6.08 Å². The summed E-state index contributed by atoms with van der Waals surface area (Å²) < 4.78 is 23.0. The van der Waals surface area contributed by atoms with Gasteiger partial charge in [0.15, 0.2) is 0 Å². The van der Waals surface area contributed by atoms with Gasteiger partial charge in [0.05, 0.1) is 38.6 Å². The van der Waals surface area contributed by atoms with Crippen LogP contribution >= 0.6 is 12.2 Å². The molecule has 3 fully saturated rings. The van der Waals surface area contributed by atoms with Crippen molar-refractivity contribution in [3.8, 4) is 17.2 Å². The number of fused-ring (bicyclic) bond motifs is 4. The molecule has 194 valence electrons. The van der Waals surface area contributed by atoms with Crippen LogP contribution in [0, 0.1) is 11.8 Å². The predicted molar refractivity (Wildman–Crippen MR) is 150 cm³/mol. The Kier molecular flexibility index (Phi) is 7.48. The number of ether oxygens (including phenoxy) is 4. The van der Waals surface area contributed by atoms with Crippen molar-refractivity contribution in [3.63, 3.8) is 0 Å². The largest absolute Gasteiger partial charge is 0.497 e. The van der Waals surface area contributed by atoms with Gasteiger partial charge in [-0.3, -0.25) is 9.88 Å². The summed E-state index contributed by atoms with van der Waals surface area (Å²) in [6.45, 7) is 6.11. The summed E-state index contributed by atoms with van der Waals surface area (Å²) in [6, 6.07) is 13.7. The van der Waals surface area contributed by atoms with Crippen molar-refractivity contribution in [3.05, 3.63) is 66.9 Å². The van der Waals surface area contributed by atoms with Crippen LogP contribution in [0.15, 0.2) is 61.3 Å². The smallest absolute Gasteiger partial charge is 0.261 e. The average Bonchev–Trinajstić information content (AvgIpc) is 2.95. The molecule has 8 heteroatoms. The fraction of sp³-hybridized carbons (Fsp3) is 0.379. The maximum Gasteiger partial charge on any atom is 0.261 e. The molecule has 2 unspecified atom stereocenters. The van der Waals surface area contributed by atoms with Crippen molar-refractivity contribution in [2.45, 2.75) is 25.0 Å². The second-order valence-electron chi connectivity index (χ2n) is 9.55. The molecule has 0 spiro atoms. The van der Waals surface area contributed by atoms with E-state index in [1.165, 1.54) is 6.42 Å². The summed E-state index contributed by atoms with van der Waals surface area (Å²) in [7, 11) is 4.91. The first-order chi connectivity index (χ1) is 18.0. The minimum absolute atomic E-state index is 0.171. The second-order valence-corrected chi connectivity index (χ2v) is 9.92. The molecule has 0 radical (unpaired) electrons. The summed E-state index contributed by atoms with van der Waals surface area (Å²) in [4.78, 5) is 7.12. The third kappa shape index (κ3) is 5.08. The quantitative estimate of drug-likeness (QED) is 0.304. The Bertz CT molecular complexity index is 1300. The number of anilines is 1. The molecule has 3 saturated heterocycles. The molecule has 0 aliphatic carbocycles. The first kappa shape index (κ1) is 25.3. The molecule has 3 aliphatic heterocycles. The molecule has 1 N–H and O–H groups in total. The zero-order valence-electron chi connectivity index (χ0n) is 21.5. The highest BCUT2D eigenvalue weighted by molar-refractivity contribution is 7.80. The summed E-state index contributed by atoms with van der Waals surface area (Å²) in [5.41, 5.74) is 2.65. The van der Waals surface area contributed by atoms with Gasteiger partial charge in [-0.25, -0.2) is 0 Å². The van der Waals surface area contributed by atoms with E-state index >= 15 is 0 Å². The lowest BCUT2D eigenvalue weighted by atomic mass is 9.73. The molecule has 3 aliphatic rings. The Hall–Kier alpha value is -3.36. The van der Waals surface area contributed by atoms with Gasteiger partial charge in [-0.05, 0) is 79.8 Å². The second kappa shape index (κ2) is 10.9. The zero-order chi connectivity index (χ0) is 25.9. The van der Waals surface area contributed by atoms with E-state index in [-0.39, 0.29) is 17.3 Å². The van der Waals surface area contributed by atoms with Crippen molar-refractivity contribution in [1.29, 1.82) is 0 Å². The molecule has 1 aromatic heterocycles. The molecule has 7 nitrogen and oxygen atoms in total. The normalized spacial score (nSPS) is 23.2. The number of rotatable bonds is 8. The monoisotopic (exact) mass is 519 g/mol. The Morgan fingerprint density at radius 2 is 1.89 bits per heavy atom. The Morgan fingerprint density at radius 1 is 1.11 bits per heavy atom. The van der Waals surface area contributed by atoms with Crippen molar-refractivity contribution in [2.24, 2.45) is 11.8 Å². The first-order valence-corrected chi connectivity index (χ1v) is 12.9. The summed E-state index contributed by atoms with van der Waals surface area (Å²) in [5, 5.41) is 4.52. The van der Waals surface area contributed by atoms with Crippen LogP contribution in [0.2, 0.25) is 0 Å². The van der Waals surface area contributed by atoms with E-state index in [0.717, 1.165) is 41.7 Å². The lowest BCUT2D eigenvalue weighted by Gasteiger charge is -2.51. The van der Waals surface area contributed by atoms with E-state index in [1.807, 2.05) is 48.7 Å². The van der Waals surface area contributed by atoms with Crippen molar-refractivity contribution in [1.82, 2.24) is 9.88 Å². The topological polar surface area (TPSA) is 65.1 Å². The maximum atomic E-state index is 6.64. The Balaban J connectivity index is 1.50. The fourth-order valence-corrected chi connectivity index (χ4v) is 5.93. The van der Waals surface area contributed by atoms with E-state index < -0.39 is 0 Å². The first-order valence-electron chi connectivity index (χ1n) is 12.5. The van der Waals surface area contributed by atoms with Crippen LogP contribution < -0.4 is 19.5 Å². The standard InChI is InChI=1S/C29H33N3O4S/c1-5-18-17-32-13-11-19(18)14-26(32)28(22-10-12-30-24-8-6-20(33-2)15-23(22)24)36-29(37)31-25-9-7-21(34-3)16-27(25)35-4/h5-10,12,15-16,18-19,26,28H,1,11,13-14,17H2,2-4H3,(H,31,37)/t18-,19?,26-,28+/m0/s1. The number of piperidine rings is 3. The average molecular weight is 520 g/mol. The predicted octanol–water partition coefficient (Wildman–Crippen LogP) is 5.61. The fourth-order valence-electron chi connectivity index (χ4n) is 5.72. The van der Waals surface area contributed by atoms with Crippen LogP contribution in [0.25, 0.3) is 10.9 Å². The zero-order valence-corrected chi connectivity index (χ0v) is 22.3. The lowest BCUT2D eigenvalue weighted by Crippen LogP contribution is -2.55. The third-order valence-corrected chi connectivity index (χ3v) is 7.87. The highest BCUT2D eigenvalue weighted by Gasteiger charge is 2.44. The van der Waals surface area contributed by atoms with Crippen LogP contribution in [-0.4, -0.2) is 55.5 Å². The minimum atomic E-state index is -0.296. The molecule has 4 heterocycles. The molecule has 37 heavy (non-hydrogen) atoms.